The van der Waals surface area contributed by atoms with E-state index in [2.05, 4.69) is 10.6 Å². The molecule has 0 radical (unpaired) electrons. The number of carbonyl (C=O) groups excluding carboxylic acids is 1. The summed E-state index contributed by atoms with van der Waals surface area (Å²) < 4.78 is 0. The predicted molar refractivity (Wildman–Crippen MR) is 83.1 cm³/mol. The summed E-state index contributed by atoms with van der Waals surface area (Å²) in [6.07, 6.45) is 8.34. The van der Waals surface area contributed by atoms with Crippen LogP contribution in [0.15, 0.2) is 0 Å². The molecule has 0 aromatic rings. The van der Waals surface area contributed by atoms with Crippen LogP contribution in [0.3, 0.4) is 0 Å². The molecule has 1 saturated carbocycles. The minimum Gasteiger partial charge on any atom is -0.391 e. The molecule has 1 saturated heterocycles. The molecule has 0 aromatic heterocycles. The predicted octanol–water partition coefficient (Wildman–Crippen LogP) is 1.86. The molecule has 118 valence electrons. The van der Waals surface area contributed by atoms with Crippen molar-refractivity contribution in [1.82, 2.24) is 10.6 Å². The van der Waals surface area contributed by atoms with Crippen LogP contribution in [-0.4, -0.2) is 36.8 Å². The average molecular weight is 305 g/mol. The fourth-order valence-electron chi connectivity index (χ4n) is 3.32. The fourth-order valence-corrected chi connectivity index (χ4v) is 3.32. The minimum atomic E-state index is -0.342. The van der Waals surface area contributed by atoms with Crippen LogP contribution in [0, 0.1) is 11.8 Å². The molecule has 1 atom stereocenters. The molecule has 2 fully saturated rings. The number of nitrogens with one attached hydrogen (secondary N) is 2. The summed E-state index contributed by atoms with van der Waals surface area (Å²) in [5, 5.41) is 16.2. The first-order valence-corrected chi connectivity index (χ1v) is 7.91. The van der Waals surface area contributed by atoms with Crippen LogP contribution >= 0.6 is 12.4 Å². The molecule has 3 N–H and O–H groups in total. The van der Waals surface area contributed by atoms with Crippen molar-refractivity contribution in [3.8, 4) is 0 Å². The number of amides is 1. The highest BCUT2D eigenvalue weighted by atomic mass is 35.5. The highest BCUT2D eigenvalue weighted by molar-refractivity contribution is 5.85. The number of piperidine rings is 1. The van der Waals surface area contributed by atoms with Gasteiger partial charge in [0.25, 0.3) is 0 Å². The summed E-state index contributed by atoms with van der Waals surface area (Å²) in [6, 6.07) is 0. The van der Waals surface area contributed by atoms with Gasteiger partial charge in [-0.3, -0.25) is 4.79 Å². The Hall–Kier alpha value is -0.320. The first-order valence-electron chi connectivity index (χ1n) is 7.91. The van der Waals surface area contributed by atoms with Crippen molar-refractivity contribution in [2.24, 2.45) is 11.8 Å². The van der Waals surface area contributed by atoms with Crippen molar-refractivity contribution in [2.45, 2.75) is 57.5 Å². The molecule has 2 aliphatic rings. The monoisotopic (exact) mass is 304 g/mol. The molecule has 4 nitrogen and oxygen atoms in total. The van der Waals surface area contributed by atoms with E-state index in [-0.39, 0.29) is 24.4 Å². The van der Waals surface area contributed by atoms with Crippen LogP contribution in [0.4, 0.5) is 0 Å². The van der Waals surface area contributed by atoms with Gasteiger partial charge in [0.1, 0.15) is 0 Å². The largest absolute Gasteiger partial charge is 0.391 e. The third-order valence-corrected chi connectivity index (χ3v) is 4.69. The lowest BCUT2D eigenvalue weighted by Gasteiger charge is -2.22. The molecule has 20 heavy (non-hydrogen) atoms. The van der Waals surface area contributed by atoms with Crippen LogP contribution in [0.1, 0.15) is 51.4 Å². The summed E-state index contributed by atoms with van der Waals surface area (Å²) in [4.78, 5) is 11.8. The summed E-state index contributed by atoms with van der Waals surface area (Å²) in [5.41, 5.74) is 0. The van der Waals surface area contributed by atoms with Gasteiger partial charge >= 0.3 is 0 Å². The Morgan fingerprint density at radius 2 is 1.85 bits per heavy atom. The summed E-state index contributed by atoms with van der Waals surface area (Å²) in [5.74, 6) is 1.21. The van der Waals surface area contributed by atoms with Gasteiger partial charge in [-0.2, -0.15) is 0 Å². The zero-order chi connectivity index (χ0) is 13.5. The highest BCUT2D eigenvalue weighted by Gasteiger charge is 2.23. The first-order chi connectivity index (χ1) is 9.25. The van der Waals surface area contributed by atoms with E-state index in [4.69, 9.17) is 0 Å². The Balaban J connectivity index is 0.00000200. The van der Waals surface area contributed by atoms with E-state index < -0.39 is 0 Å². The molecule has 5 heteroatoms. The van der Waals surface area contributed by atoms with Crippen molar-refractivity contribution < 1.29 is 9.90 Å². The second kappa shape index (κ2) is 9.59. The van der Waals surface area contributed by atoms with Gasteiger partial charge in [-0.15, -0.1) is 12.4 Å². The van der Waals surface area contributed by atoms with Crippen molar-refractivity contribution in [2.75, 3.05) is 19.6 Å². The van der Waals surface area contributed by atoms with Crippen molar-refractivity contribution in [3.05, 3.63) is 0 Å². The lowest BCUT2D eigenvalue weighted by atomic mass is 9.93. The van der Waals surface area contributed by atoms with Crippen LogP contribution in [0.25, 0.3) is 0 Å². The van der Waals surface area contributed by atoms with Gasteiger partial charge < -0.3 is 15.7 Å². The third-order valence-electron chi connectivity index (χ3n) is 4.69. The maximum atomic E-state index is 11.8. The smallest absolute Gasteiger partial charge is 0.220 e. The zero-order valence-corrected chi connectivity index (χ0v) is 13.1. The van der Waals surface area contributed by atoms with Crippen molar-refractivity contribution >= 4 is 18.3 Å². The Kier molecular flexibility index (Phi) is 8.50. The fraction of sp³-hybridized carbons (Fsp3) is 0.933. The summed E-state index contributed by atoms with van der Waals surface area (Å²) in [7, 11) is 0. The van der Waals surface area contributed by atoms with Crippen molar-refractivity contribution in [3.63, 3.8) is 0 Å². The van der Waals surface area contributed by atoms with Gasteiger partial charge in [0.05, 0.1) is 6.10 Å². The zero-order valence-electron chi connectivity index (χ0n) is 12.3. The van der Waals surface area contributed by atoms with Crippen LogP contribution < -0.4 is 10.6 Å². The Labute approximate surface area is 128 Å². The normalized spacial score (nSPS) is 22.2. The number of aliphatic hydroxyl groups excluding tert-OH is 1. The molecule has 0 aromatic carbocycles. The molecule has 0 bridgehead atoms. The Morgan fingerprint density at radius 1 is 1.20 bits per heavy atom. The third kappa shape index (κ3) is 5.98. The first kappa shape index (κ1) is 17.7. The lowest BCUT2D eigenvalue weighted by molar-refractivity contribution is -0.122. The van der Waals surface area contributed by atoms with Gasteiger partial charge in [0.15, 0.2) is 0 Å². The van der Waals surface area contributed by atoms with Crippen LogP contribution in [0.5, 0.6) is 0 Å². The van der Waals surface area contributed by atoms with Crippen molar-refractivity contribution in [1.29, 1.82) is 0 Å². The molecule has 1 aliphatic heterocycles. The van der Waals surface area contributed by atoms with E-state index in [0.717, 1.165) is 32.4 Å². The maximum absolute atomic E-state index is 11.8. The number of carbonyl (C=O) groups is 1. The highest BCUT2D eigenvalue weighted by Crippen LogP contribution is 2.27. The molecule has 1 aliphatic carbocycles. The number of rotatable bonds is 6. The number of hydrogen-bond acceptors (Lipinski definition) is 3. The average Bonchev–Trinajstić information content (AvgIpc) is 2.98. The van der Waals surface area contributed by atoms with E-state index in [1.165, 1.54) is 25.7 Å². The van der Waals surface area contributed by atoms with E-state index in [1.54, 1.807) is 0 Å². The summed E-state index contributed by atoms with van der Waals surface area (Å²) >= 11 is 0. The van der Waals surface area contributed by atoms with Gasteiger partial charge in [0.2, 0.25) is 5.91 Å². The second-order valence-electron chi connectivity index (χ2n) is 6.15. The second-order valence-corrected chi connectivity index (χ2v) is 6.15. The van der Waals surface area contributed by atoms with Gasteiger partial charge in [-0.1, -0.05) is 12.8 Å². The molecule has 1 amide bonds. The molecule has 1 unspecified atom stereocenters. The summed E-state index contributed by atoms with van der Waals surface area (Å²) in [6.45, 7) is 2.62. The SMILES string of the molecule is Cl.O=C(CCC1CCNCC1)NCC(O)C1CCCC1. The quantitative estimate of drug-likeness (QED) is 0.702. The van der Waals surface area contributed by atoms with E-state index >= 15 is 0 Å². The molecular weight excluding hydrogens is 276 g/mol. The number of hydrogen-bond donors (Lipinski definition) is 3. The van der Waals surface area contributed by atoms with Gasteiger partial charge in [-0.25, -0.2) is 0 Å². The Morgan fingerprint density at radius 3 is 2.50 bits per heavy atom. The topological polar surface area (TPSA) is 61.4 Å². The van der Waals surface area contributed by atoms with E-state index in [9.17, 15) is 9.90 Å². The van der Waals surface area contributed by atoms with E-state index in [0.29, 0.717) is 24.8 Å². The molecule has 1 heterocycles. The standard InChI is InChI=1S/C15H28N2O2.ClH/c18-14(13-3-1-2-4-13)11-17-15(19)6-5-12-7-9-16-10-8-12;/h12-14,16,18H,1-11H2,(H,17,19);1H. The van der Waals surface area contributed by atoms with Gasteiger partial charge in [0, 0.05) is 13.0 Å². The van der Waals surface area contributed by atoms with Crippen LogP contribution in [0.2, 0.25) is 0 Å². The maximum Gasteiger partial charge on any atom is 0.220 e. The van der Waals surface area contributed by atoms with Gasteiger partial charge in [-0.05, 0) is 57.0 Å². The Bertz CT molecular complexity index is 277. The lowest BCUT2D eigenvalue weighted by Crippen LogP contribution is -2.36. The minimum absolute atomic E-state index is 0. The number of halogens is 1. The molecule has 2 rings (SSSR count). The van der Waals surface area contributed by atoms with Crippen LogP contribution in [-0.2, 0) is 4.79 Å². The van der Waals surface area contributed by atoms with E-state index in [1.807, 2.05) is 0 Å². The number of aliphatic hydroxyl groups is 1. The molecule has 0 spiro atoms. The molecular formula is C15H29ClN2O2.